The second kappa shape index (κ2) is 7.17. The van der Waals surface area contributed by atoms with Crippen LogP contribution in [0, 0.1) is 13.8 Å². The van der Waals surface area contributed by atoms with Gasteiger partial charge in [0.05, 0.1) is 24.7 Å². The van der Waals surface area contributed by atoms with E-state index in [0.717, 1.165) is 29.7 Å². The summed E-state index contributed by atoms with van der Waals surface area (Å²) in [5, 5.41) is 4.41. The third-order valence-electron chi connectivity index (χ3n) is 4.71. The molecule has 0 fully saturated rings. The normalized spacial score (nSPS) is 14.4. The van der Waals surface area contributed by atoms with Crippen LogP contribution in [0.4, 0.5) is 0 Å². The maximum Gasteiger partial charge on any atom is 0.240 e. The van der Waals surface area contributed by atoms with Crippen molar-refractivity contribution in [2.45, 2.75) is 51.0 Å². The Kier molecular flexibility index (Phi) is 5.15. The zero-order valence-electron chi connectivity index (χ0n) is 15.0. The highest BCUT2D eigenvalue weighted by Crippen LogP contribution is 2.26. The molecular formula is C18H25N3O3S. The Morgan fingerprint density at radius 3 is 2.56 bits per heavy atom. The molecule has 0 spiro atoms. The van der Waals surface area contributed by atoms with Crippen molar-refractivity contribution in [3.63, 3.8) is 0 Å². The van der Waals surface area contributed by atoms with Gasteiger partial charge in [0.15, 0.2) is 0 Å². The minimum atomic E-state index is -3.55. The highest BCUT2D eigenvalue weighted by atomic mass is 32.2. The second-order valence-corrected chi connectivity index (χ2v) is 8.30. The van der Waals surface area contributed by atoms with E-state index in [4.69, 9.17) is 4.74 Å². The predicted octanol–water partition coefficient (Wildman–Crippen LogP) is 2.37. The molecule has 0 unspecified atom stereocenters. The molecule has 3 rings (SSSR count). The van der Waals surface area contributed by atoms with Crippen LogP contribution in [-0.4, -0.2) is 31.9 Å². The Morgan fingerprint density at radius 1 is 1.20 bits per heavy atom. The van der Waals surface area contributed by atoms with Crippen molar-refractivity contribution in [3.05, 3.63) is 40.7 Å². The largest absolute Gasteiger partial charge is 0.496 e. The molecule has 0 saturated heterocycles. The first-order chi connectivity index (χ1) is 11.9. The van der Waals surface area contributed by atoms with Gasteiger partial charge in [-0.2, -0.15) is 5.10 Å². The summed E-state index contributed by atoms with van der Waals surface area (Å²) in [5.74, 6) is 0.724. The summed E-state index contributed by atoms with van der Waals surface area (Å²) in [5.41, 5.74) is 4.17. The van der Waals surface area contributed by atoms with Crippen molar-refractivity contribution in [2.24, 2.45) is 0 Å². The topological polar surface area (TPSA) is 73.2 Å². The Balaban J connectivity index is 1.69. The van der Waals surface area contributed by atoms with Gasteiger partial charge in [-0.3, -0.25) is 4.68 Å². The molecule has 1 heterocycles. The molecule has 1 aliphatic carbocycles. The summed E-state index contributed by atoms with van der Waals surface area (Å²) in [7, 11) is -1.96. The predicted molar refractivity (Wildman–Crippen MR) is 96.5 cm³/mol. The monoisotopic (exact) mass is 363 g/mol. The van der Waals surface area contributed by atoms with E-state index in [1.54, 1.807) is 19.2 Å². The first kappa shape index (κ1) is 17.9. The van der Waals surface area contributed by atoms with Crippen molar-refractivity contribution >= 4 is 10.0 Å². The molecule has 0 saturated carbocycles. The number of sulfonamides is 1. The van der Waals surface area contributed by atoms with Crippen molar-refractivity contribution in [3.8, 4) is 5.75 Å². The molecule has 1 aromatic carbocycles. The van der Waals surface area contributed by atoms with Crippen LogP contribution in [-0.2, 0) is 29.4 Å². The Morgan fingerprint density at radius 2 is 1.88 bits per heavy atom. The lowest BCUT2D eigenvalue weighted by atomic mass is 9.98. The highest BCUT2D eigenvalue weighted by Gasteiger charge is 2.18. The SMILES string of the molecule is COc1c(C)cc(S(=O)(=O)NCCn2ncc3c2CCCC3)cc1C. The number of hydrogen-bond acceptors (Lipinski definition) is 4. The number of hydrogen-bond donors (Lipinski definition) is 1. The molecule has 25 heavy (non-hydrogen) atoms. The first-order valence-corrected chi connectivity index (χ1v) is 10.1. The maximum atomic E-state index is 12.6. The van der Waals surface area contributed by atoms with Crippen molar-refractivity contribution < 1.29 is 13.2 Å². The summed E-state index contributed by atoms with van der Waals surface area (Å²) in [6.45, 7) is 4.56. The molecule has 136 valence electrons. The van der Waals surface area contributed by atoms with Crippen LogP contribution in [0.5, 0.6) is 5.75 Å². The fourth-order valence-corrected chi connectivity index (χ4v) is 4.70. The van der Waals surface area contributed by atoms with Crippen molar-refractivity contribution in [1.29, 1.82) is 0 Å². The van der Waals surface area contributed by atoms with E-state index < -0.39 is 10.0 Å². The van der Waals surface area contributed by atoms with Gasteiger partial charge in [0.1, 0.15) is 5.75 Å². The zero-order valence-corrected chi connectivity index (χ0v) is 15.8. The van der Waals surface area contributed by atoms with E-state index in [1.165, 1.54) is 24.1 Å². The van der Waals surface area contributed by atoms with Gasteiger partial charge in [-0.1, -0.05) is 0 Å². The van der Waals surface area contributed by atoms with Gasteiger partial charge in [0.25, 0.3) is 0 Å². The summed E-state index contributed by atoms with van der Waals surface area (Å²) < 4.78 is 35.1. The number of benzene rings is 1. The van der Waals surface area contributed by atoms with Crippen LogP contribution in [0.2, 0.25) is 0 Å². The number of rotatable bonds is 6. The highest BCUT2D eigenvalue weighted by molar-refractivity contribution is 7.89. The standard InChI is InChI=1S/C18H25N3O3S/c1-13-10-16(11-14(2)18(13)24-3)25(22,23)20-8-9-21-17-7-5-4-6-15(17)12-19-21/h10-12,20H,4-9H2,1-3H3. The molecule has 2 aromatic rings. The Labute approximate surface area is 149 Å². The average Bonchev–Trinajstić information content (AvgIpc) is 2.98. The Bertz CT molecular complexity index is 849. The van der Waals surface area contributed by atoms with Gasteiger partial charge in [0.2, 0.25) is 10.0 Å². The molecule has 1 aliphatic rings. The number of nitrogens with one attached hydrogen (secondary N) is 1. The van der Waals surface area contributed by atoms with Crippen LogP contribution in [0.15, 0.2) is 23.2 Å². The molecule has 6 nitrogen and oxygen atoms in total. The second-order valence-electron chi connectivity index (χ2n) is 6.53. The lowest BCUT2D eigenvalue weighted by molar-refractivity contribution is 0.408. The van der Waals surface area contributed by atoms with Crippen molar-refractivity contribution in [1.82, 2.24) is 14.5 Å². The van der Waals surface area contributed by atoms with E-state index in [-0.39, 0.29) is 4.90 Å². The molecule has 1 N–H and O–H groups in total. The summed E-state index contributed by atoms with van der Waals surface area (Å²) in [6, 6.07) is 3.29. The molecular weight excluding hydrogens is 338 g/mol. The van der Waals surface area contributed by atoms with E-state index in [9.17, 15) is 8.42 Å². The molecule has 0 radical (unpaired) electrons. The van der Waals surface area contributed by atoms with Gasteiger partial charge in [-0.15, -0.1) is 0 Å². The van der Waals surface area contributed by atoms with Crippen LogP contribution < -0.4 is 9.46 Å². The quantitative estimate of drug-likeness (QED) is 0.855. The number of nitrogens with zero attached hydrogens (tertiary/aromatic N) is 2. The molecule has 0 amide bonds. The Hall–Kier alpha value is -1.86. The smallest absolute Gasteiger partial charge is 0.240 e. The van der Waals surface area contributed by atoms with E-state index in [0.29, 0.717) is 13.1 Å². The van der Waals surface area contributed by atoms with E-state index in [1.807, 2.05) is 24.7 Å². The summed E-state index contributed by atoms with van der Waals surface area (Å²) in [4.78, 5) is 0.269. The van der Waals surface area contributed by atoms with Crippen molar-refractivity contribution in [2.75, 3.05) is 13.7 Å². The third-order valence-corrected chi connectivity index (χ3v) is 6.15. The molecule has 1 aromatic heterocycles. The van der Waals surface area contributed by atoms with Gasteiger partial charge in [0, 0.05) is 12.2 Å². The van der Waals surface area contributed by atoms with Crippen LogP contribution in [0.1, 0.15) is 35.2 Å². The number of aryl methyl sites for hydroxylation is 3. The maximum absolute atomic E-state index is 12.6. The minimum Gasteiger partial charge on any atom is -0.496 e. The van der Waals surface area contributed by atoms with Gasteiger partial charge in [-0.05, 0) is 68.4 Å². The lowest BCUT2D eigenvalue weighted by Crippen LogP contribution is -2.28. The van der Waals surface area contributed by atoms with Crippen LogP contribution in [0.25, 0.3) is 0 Å². The van der Waals surface area contributed by atoms with Gasteiger partial charge in [-0.25, -0.2) is 13.1 Å². The van der Waals surface area contributed by atoms with E-state index in [2.05, 4.69) is 9.82 Å². The first-order valence-electron chi connectivity index (χ1n) is 8.61. The fourth-order valence-electron chi connectivity index (χ4n) is 3.51. The summed E-state index contributed by atoms with van der Waals surface area (Å²) >= 11 is 0. The summed E-state index contributed by atoms with van der Waals surface area (Å²) in [6.07, 6.45) is 6.40. The number of aromatic nitrogens is 2. The zero-order chi connectivity index (χ0) is 18.0. The number of ether oxygens (including phenoxy) is 1. The molecule has 0 bridgehead atoms. The molecule has 0 atom stereocenters. The average molecular weight is 363 g/mol. The molecule has 7 heteroatoms. The third kappa shape index (κ3) is 3.72. The molecule has 0 aliphatic heterocycles. The fraction of sp³-hybridized carbons (Fsp3) is 0.500. The van der Waals surface area contributed by atoms with Crippen LogP contribution >= 0.6 is 0 Å². The van der Waals surface area contributed by atoms with E-state index >= 15 is 0 Å². The number of fused-ring (bicyclic) bond motifs is 1. The lowest BCUT2D eigenvalue weighted by Gasteiger charge is -2.15. The van der Waals surface area contributed by atoms with Gasteiger partial charge >= 0.3 is 0 Å². The number of methoxy groups -OCH3 is 1. The van der Waals surface area contributed by atoms with Crippen LogP contribution in [0.3, 0.4) is 0 Å². The van der Waals surface area contributed by atoms with Gasteiger partial charge < -0.3 is 4.74 Å². The minimum absolute atomic E-state index is 0.269.